The van der Waals surface area contributed by atoms with Gasteiger partial charge in [-0.15, -0.1) is 0 Å². The number of carbonyl (C=O) groups excluding carboxylic acids is 4. The van der Waals surface area contributed by atoms with Gasteiger partial charge in [-0.1, -0.05) is 37.6 Å². The summed E-state index contributed by atoms with van der Waals surface area (Å²) in [6.07, 6.45) is -4.63. The standard InChI is InChI=1S/C31H38O10/c1-16-12-13-31(37)26(40-27(36)19-10-8-7-9-11-19)24-29(6,20(34)14-21-30(24,15-38-21)41-18(3)33)25(35)23(39-17(2)32)22(16)28(31,4)5/h7-11,20-21,23-24,26,34,37H,12-15H2,1-6H3/t20?,21?,23?,24?,26-,29-,30-,31?/m0/s1. The van der Waals surface area contributed by atoms with Crippen LogP contribution < -0.4 is 0 Å². The van der Waals surface area contributed by atoms with Gasteiger partial charge in [-0.2, -0.15) is 0 Å². The highest BCUT2D eigenvalue weighted by Gasteiger charge is 2.77. The predicted octanol–water partition coefficient (Wildman–Crippen LogP) is 2.68. The Bertz CT molecular complexity index is 1320. The van der Waals surface area contributed by atoms with Crippen LogP contribution in [0.3, 0.4) is 0 Å². The SMILES string of the molecule is CC(=O)OC1C(=O)[C@@]2(C)C(O)CC3OC[C@@]3(OC(C)=O)C2[C@H](OC(=O)c2ccccc2)C2(O)CCC(C)=C1C2(C)C. The first kappa shape index (κ1) is 29.4. The zero-order valence-electron chi connectivity index (χ0n) is 24.3. The summed E-state index contributed by atoms with van der Waals surface area (Å²) in [6.45, 7) is 9.08. The van der Waals surface area contributed by atoms with E-state index in [-0.39, 0.29) is 25.0 Å². The maximum atomic E-state index is 14.8. The van der Waals surface area contributed by atoms with E-state index in [1.165, 1.54) is 20.8 Å². The molecule has 41 heavy (non-hydrogen) atoms. The summed E-state index contributed by atoms with van der Waals surface area (Å²) in [6, 6.07) is 8.25. The number of hydrogen-bond donors (Lipinski definition) is 2. The average molecular weight is 571 g/mol. The number of aliphatic hydroxyl groups is 2. The number of ketones is 1. The lowest BCUT2D eigenvalue weighted by molar-refractivity contribution is -0.345. The number of carbonyl (C=O) groups is 4. The maximum Gasteiger partial charge on any atom is 0.338 e. The van der Waals surface area contributed by atoms with Gasteiger partial charge in [0.1, 0.15) is 17.8 Å². The van der Waals surface area contributed by atoms with E-state index in [2.05, 4.69) is 0 Å². The van der Waals surface area contributed by atoms with Crippen molar-refractivity contribution >= 4 is 23.7 Å². The van der Waals surface area contributed by atoms with Crippen LogP contribution in [0.2, 0.25) is 0 Å². The molecule has 1 aromatic carbocycles. The highest BCUT2D eigenvalue weighted by molar-refractivity contribution is 5.95. The van der Waals surface area contributed by atoms with Gasteiger partial charge in [0.05, 0.1) is 29.6 Å². The Morgan fingerprint density at radius 1 is 1.02 bits per heavy atom. The topological polar surface area (TPSA) is 146 Å². The molecular weight excluding hydrogens is 532 g/mol. The summed E-state index contributed by atoms with van der Waals surface area (Å²) in [7, 11) is 0. The highest BCUT2D eigenvalue weighted by Crippen LogP contribution is 2.64. The molecule has 2 bridgehead atoms. The van der Waals surface area contributed by atoms with E-state index in [0.29, 0.717) is 12.0 Å². The normalized spacial score (nSPS) is 39.2. The molecule has 2 N–H and O–H groups in total. The predicted molar refractivity (Wildman–Crippen MR) is 143 cm³/mol. The monoisotopic (exact) mass is 570 g/mol. The number of benzene rings is 1. The lowest BCUT2D eigenvalue weighted by Crippen LogP contribution is -2.81. The van der Waals surface area contributed by atoms with E-state index in [1.54, 1.807) is 44.2 Å². The van der Waals surface area contributed by atoms with Gasteiger partial charge in [-0.3, -0.25) is 14.4 Å². The molecule has 10 heteroatoms. The van der Waals surface area contributed by atoms with E-state index < -0.39 is 76.1 Å². The molecule has 0 aromatic heterocycles. The molecule has 5 rings (SSSR count). The quantitative estimate of drug-likeness (QED) is 0.315. The van der Waals surface area contributed by atoms with Crippen molar-refractivity contribution in [2.75, 3.05) is 6.61 Å². The van der Waals surface area contributed by atoms with Gasteiger partial charge in [-0.05, 0) is 44.4 Å². The molecule has 4 aliphatic rings. The van der Waals surface area contributed by atoms with Gasteiger partial charge >= 0.3 is 17.9 Å². The summed E-state index contributed by atoms with van der Waals surface area (Å²) >= 11 is 0. The van der Waals surface area contributed by atoms with E-state index in [4.69, 9.17) is 18.9 Å². The van der Waals surface area contributed by atoms with Crippen LogP contribution >= 0.6 is 0 Å². The zero-order valence-corrected chi connectivity index (χ0v) is 24.3. The van der Waals surface area contributed by atoms with Crippen LogP contribution in [0.1, 0.15) is 71.2 Å². The van der Waals surface area contributed by atoms with Gasteiger partial charge < -0.3 is 29.2 Å². The van der Waals surface area contributed by atoms with Crippen LogP contribution in [-0.2, 0) is 33.3 Å². The first-order chi connectivity index (χ1) is 19.1. The van der Waals surface area contributed by atoms with Gasteiger partial charge in [0.25, 0.3) is 0 Å². The molecule has 2 saturated carbocycles. The molecule has 1 heterocycles. The first-order valence-electron chi connectivity index (χ1n) is 14.0. The Morgan fingerprint density at radius 2 is 1.68 bits per heavy atom. The third-order valence-corrected chi connectivity index (χ3v) is 10.1. The van der Waals surface area contributed by atoms with Gasteiger partial charge in [0.15, 0.2) is 17.5 Å². The van der Waals surface area contributed by atoms with Crippen LogP contribution in [0.5, 0.6) is 0 Å². The van der Waals surface area contributed by atoms with Crippen molar-refractivity contribution < 1.29 is 48.3 Å². The van der Waals surface area contributed by atoms with E-state index >= 15 is 0 Å². The summed E-state index contributed by atoms with van der Waals surface area (Å²) in [5.74, 6) is -3.96. The number of esters is 3. The molecule has 3 fully saturated rings. The molecule has 10 nitrogen and oxygen atoms in total. The van der Waals surface area contributed by atoms with Gasteiger partial charge in [-0.25, -0.2) is 4.79 Å². The van der Waals surface area contributed by atoms with Crippen molar-refractivity contribution in [2.24, 2.45) is 16.7 Å². The minimum Gasteiger partial charge on any atom is -0.455 e. The lowest BCUT2D eigenvalue weighted by atomic mass is 9.45. The van der Waals surface area contributed by atoms with Crippen molar-refractivity contribution in [1.29, 1.82) is 0 Å². The van der Waals surface area contributed by atoms with Crippen molar-refractivity contribution in [3.63, 3.8) is 0 Å². The molecule has 1 aliphatic heterocycles. The first-order valence-corrected chi connectivity index (χ1v) is 14.0. The third-order valence-electron chi connectivity index (χ3n) is 10.1. The lowest BCUT2D eigenvalue weighted by Gasteiger charge is -2.67. The van der Waals surface area contributed by atoms with E-state index in [1.807, 2.05) is 6.92 Å². The molecule has 3 aliphatic carbocycles. The minimum atomic E-state index is -1.83. The third kappa shape index (κ3) is 4.09. The number of ether oxygens (including phenoxy) is 4. The Hall–Kier alpha value is -3.08. The largest absolute Gasteiger partial charge is 0.455 e. The Labute approximate surface area is 239 Å². The van der Waals surface area contributed by atoms with Crippen LogP contribution in [-0.4, -0.2) is 76.1 Å². The molecule has 1 aromatic rings. The van der Waals surface area contributed by atoms with Crippen LogP contribution in [0, 0.1) is 16.7 Å². The fraction of sp³-hybridized carbons (Fsp3) is 0.613. The number of fused-ring (bicyclic) bond motifs is 5. The van der Waals surface area contributed by atoms with Gasteiger partial charge in [0, 0.05) is 25.7 Å². The summed E-state index contributed by atoms with van der Waals surface area (Å²) in [5, 5.41) is 24.5. The summed E-state index contributed by atoms with van der Waals surface area (Å²) in [5.41, 5.74) is -4.98. The Morgan fingerprint density at radius 3 is 2.24 bits per heavy atom. The number of rotatable bonds is 4. The second-order valence-corrected chi connectivity index (χ2v) is 12.6. The maximum absolute atomic E-state index is 14.8. The molecule has 0 radical (unpaired) electrons. The fourth-order valence-electron chi connectivity index (χ4n) is 7.93. The fourth-order valence-corrected chi connectivity index (χ4v) is 7.93. The van der Waals surface area contributed by atoms with Gasteiger partial charge in [0.2, 0.25) is 0 Å². The number of aliphatic hydroxyl groups excluding tert-OH is 1. The van der Waals surface area contributed by atoms with Crippen molar-refractivity contribution in [3.8, 4) is 0 Å². The van der Waals surface area contributed by atoms with Crippen molar-refractivity contribution in [3.05, 3.63) is 47.0 Å². The number of allylic oxidation sites excluding steroid dienone is 1. The average Bonchev–Trinajstić information content (AvgIpc) is 2.89. The number of Topliss-reactive ketones (excluding diaryl/α,β-unsaturated/α-hetero) is 1. The summed E-state index contributed by atoms with van der Waals surface area (Å²) in [4.78, 5) is 53.4. The van der Waals surface area contributed by atoms with Crippen LogP contribution in [0.25, 0.3) is 0 Å². The Kier molecular flexibility index (Phi) is 6.99. The molecule has 222 valence electrons. The van der Waals surface area contributed by atoms with Crippen molar-refractivity contribution in [1.82, 2.24) is 0 Å². The molecule has 5 unspecified atom stereocenters. The smallest absolute Gasteiger partial charge is 0.338 e. The molecule has 0 spiro atoms. The minimum absolute atomic E-state index is 0.0575. The number of hydrogen-bond acceptors (Lipinski definition) is 10. The Balaban J connectivity index is 1.81. The zero-order chi connectivity index (χ0) is 30.1. The molecule has 8 atom stereocenters. The molecular formula is C31H38O10. The second kappa shape index (κ2) is 9.74. The second-order valence-electron chi connectivity index (χ2n) is 12.6. The van der Waals surface area contributed by atoms with E-state index in [9.17, 15) is 29.4 Å². The molecule has 1 saturated heterocycles. The summed E-state index contributed by atoms with van der Waals surface area (Å²) < 4.78 is 23.7. The van der Waals surface area contributed by atoms with Crippen LogP contribution in [0.15, 0.2) is 41.5 Å². The van der Waals surface area contributed by atoms with Crippen molar-refractivity contribution in [2.45, 2.75) is 96.4 Å². The molecule has 0 amide bonds. The van der Waals surface area contributed by atoms with E-state index in [0.717, 1.165) is 5.57 Å². The van der Waals surface area contributed by atoms with Crippen LogP contribution in [0.4, 0.5) is 0 Å². The highest BCUT2D eigenvalue weighted by atomic mass is 16.6.